The van der Waals surface area contributed by atoms with Gasteiger partial charge in [-0.1, -0.05) is 24.9 Å². The molecule has 0 heterocycles. The van der Waals surface area contributed by atoms with Crippen molar-refractivity contribution in [2.75, 3.05) is 24.6 Å². The monoisotopic (exact) mass is 269 g/mol. The molecule has 0 unspecified atom stereocenters. The van der Waals surface area contributed by atoms with Crippen LogP contribution in [0.15, 0.2) is 18.2 Å². The minimum Gasteiger partial charge on any atom is -0.395 e. The van der Waals surface area contributed by atoms with E-state index in [1.165, 1.54) is 6.92 Å². The first-order chi connectivity index (χ1) is 8.60. The summed E-state index contributed by atoms with van der Waals surface area (Å²) in [4.78, 5) is 13.3. The van der Waals surface area contributed by atoms with Crippen molar-refractivity contribution in [2.45, 2.75) is 26.7 Å². The van der Waals surface area contributed by atoms with Gasteiger partial charge in [0.05, 0.1) is 17.3 Å². The fourth-order valence-corrected chi connectivity index (χ4v) is 2.10. The van der Waals surface area contributed by atoms with Gasteiger partial charge in [-0.05, 0) is 31.5 Å². The molecule has 4 heteroatoms. The minimum atomic E-state index is 0.00529. The molecule has 0 bridgehead atoms. The molecule has 0 aromatic heterocycles. The molecule has 0 spiro atoms. The second kappa shape index (κ2) is 7.39. The van der Waals surface area contributed by atoms with Crippen LogP contribution < -0.4 is 4.90 Å². The number of Topliss-reactive ketones (excluding diaryl/α,β-unsaturated/α-hetero) is 1. The maximum atomic E-state index is 11.3. The number of halogens is 1. The van der Waals surface area contributed by atoms with E-state index in [2.05, 4.69) is 11.8 Å². The molecule has 100 valence electrons. The van der Waals surface area contributed by atoms with Gasteiger partial charge in [-0.15, -0.1) is 0 Å². The molecular weight excluding hydrogens is 250 g/mol. The van der Waals surface area contributed by atoms with Crippen LogP contribution in [0.3, 0.4) is 0 Å². The predicted molar refractivity (Wildman–Crippen MR) is 75.7 cm³/mol. The number of anilines is 1. The van der Waals surface area contributed by atoms with Gasteiger partial charge in [0.15, 0.2) is 5.78 Å². The third kappa shape index (κ3) is 4.00. The Morgan fingerprint density at radius 2 is 2.11 bits per heavy atom. The molecule has 0 aliphatic carbocycles. The number of hydrogen-bond donors (Lipinski definition) is 1. The van der Waals surface area contributed by atoms with Crippen LogP contribution in [0, 0.1) is 0 Å². The highest BCUT2D eigenvalue weighted by Gasteiger charge is 2.11. The fourth-order valence-electron chi connectivity index (χ4n) is 1.80. The molecule has 1 rings (SSSR count). The van der Waals surface area contributed by atoms with Crippen molar-refractivity contribution >= 4 is 23.1 Å². The SMILES string of the molecule is CCCCN(CCO)c1ccc(C(C)=O)cc1Cl. The molecule has 0 amide bonds. The Labute approximate surface area is 113 Å². The van der Waals surface area contributed by atoms with Crippen molar-refractivity contribution in [3.63, 3.8) is 0 Å². The summed E-state index contributed by atoms with van der Waals surface area (Å²) in [5.74, 6) is 0.00529. The summed E-state index contributed by atoms with van der Waals surface area (Å²) in [7, 11) is 0. The highest BCUT2D eigenvalue weighted by Crippen LogP contribution is 2.27. The summed E-state index contributed by atoms with van der Waals surface area (Å²) in [5.41, 5.74) is 1.49. The second-order valence-electron chi connectivity index (χ2n) is 4.29. The van der Waals surface area contributed by atoms with Crippen LogP contribution in [-0.2, 0) is 0 Å². The number of carbonyl (C=O) groups excluding carboxylic acids is 1. The molecule has 0 fully saturated rings. The number of aliphatic hydroxyl groups is 1. The highest BCUT2D eigenvalue weighted by atomic mass is 35.5. The van der Waals surface area contributed by atoms with E-state index in [-0.39, 0.29) is 12.4 Å². The molecule has 1 aromatic rings. The van der Waals surface area contributed by atoms with Crippen LogP contribution in [0.4, 0.5) is 5.69 Å². The number of nitrogens with zero attached hydrogens (tertiary/aromatic N) is 1. The van der Waals surface area contributed by atoms with Crippen LogP contribution in [0.2, 0.25) is 5.02 Å². The van der Waals surface area contributed by atoms with Gasteiger partial charge in [-0.25, -0.2) is 0 Å². The van der Waals surface area contributed by atoms with Crippen molar-refractivity contribution in [3.05, 3.63) is 28.8 Å². The maximum absolute atomic E-state index is 11.3. The summed E-state index contributed by atoms with van der Waals surface area (Å²) in [5, 5.41) is 9.65. The smallest absolute Gasteiger partial charge is 0.159 e. The Morgan fingerprint density at radius 1 is 1.39 bits per heavy atom. The average molecular weight is 270 g/mol. The number of benzene rings is 1. The molecule has 1 N–H and O–H groups in total. The lowest BCUT2D eigenvalue weighted by atomic mass is 10.1. The van der Waals surface area contributed by atoms with Crippen LogP contribution in [0.1, 0.15) is 37.0 Å². The van der Waals surface area contributed by atoms with Gasteiger partial charge >= 0.3 is 0 Å². The minimum absolute atomic E-state index is 0.00529. The molecule has 1 aromatic carbocycles. The summed E-state index contributed by atoms with van der Waals surface area (Å²) in [6, 6.07) is 5.32. The summed E-state index contributed by atoms with van der Waals surface area (Å²) >= 11 is 6.21. The summed E-state index contributed by atoms with van der Waals surface area (Å²) < 4.78 is 0. The van der Waals surface area contributed by atoms with Crippen LogP contribution in [0.5, 0.6) is 0 Å². The van der Waals surface area contributed by atoms with E-state index < -0.39 is 0 Å². The number of aliphatic hydroxyl groups excluding tert-OH is 1. The third-order valence-electron chi connectivity index (χ3n) is 2.85. The highest BCUT2D eigenvalue weighted by molar-refractivity contribution is 6.33. The molecule has 0 radical (unpaired) electrons. The Hall–Kier alpha value is -1.06. The first kappa shape index (κ1) is 15.0. The number of ketones is 1. The van der Waals surface area contributed by atoms with Gasteiger partial charge in [0.1, 0.15) is 0 Å². The second-order valence-corrected chi connectivity index (χ2v) is 4.69. The van der Waals surface area contributed by atoms with Crippen molar-refractivity contribution in [3.8, 4) is 0 Å². The van der Waals surface area contributed by atoms with E-state index in [0.29, 0.717) is 17.1 Å². The standard InChI is InChI=1S/C14H20ClNO2/c1-3-4-7-16(8-9-17)14-6-5-12(11(2)18)10-13(14)15/h5-6,10,17H,3-4,7-9H2,1-2H3. The fraction of sp³-hybridized carbons (Fsp3) is 0.500. The Morgan fingerprint density at radius 3 is 2.61 bits per heavy atom. The molecule has 0 aliphatic rings. The first-order valence-corrected chi connectivity index (χ1v) is 6.64. The molecule has 18 heavy (non-hydrogen) atoms. The summed E-state index contributed by atoms with van der Waals surface area (Å²) in [6.45, 7) is 5.15. The van der Waals surface area contributed by atoms with E-state index in [1.807, 2.05) is 6.07 Å². The van der Waals surface area contributed by atoms with Crippen molar-refractivity contribution in [2.24, 2.45) is 0 Å². The Kier molecular flexibility index (Phi) is 6.16. The van der Waals surface area contributed by atoms with Crippen LogP contribution in [0.25, 0.3) is 0 Å². The lowest BCUT2D eigenvalue weighted by molar-refractivity contribution is 0.101. The number of unbranched alkanes of at least 4 members (excludes halogenated alkanes) is 1. The number of carbonyl (C=O) groups is 1. The molecule has 3 nitrogen and oxygen atoms in total. The van der Waals surface area contributed by atoms with Crippen LogP contribution >= 0.6 is 11.6 Å². The molecular formula is C14H20ClNO2. The van der Waals surface area contributed by atoms with Crippen LogP contribution in [-0.4, -0.2) is 30.6 Å². The zero-order valence-electron chi connectivity index (χ0n) is 10.9. The lowest BCUT2D eigenvalue weighted by Gasteiger charge is -2.25. The predicted octanol–water partition coefficient (Wildman–Crippen LogP) is 3.14. The summed E-state index contributed by atoms with van der Waals surface area (Å²) in [6.07, 6.45) is 2.13. The normalized spacial score (nSPS) is 10.4. The van der Waals surface area contributed by atoms with Gasteiger partial charge in [0.2, 0.25) is 0 Å². The van der Waals surface area contributed by atoms with Gasteiger partial charge < -0.3 is 10.0 Å². The molecule has 0 saturated heterocycles. The zero-order chi connectivity index (χ0) is 13.5. The van der Waals surface area contributed by atoms with Crippen molar-refractivity contribution in [1.82, 2.24) is 0 Å². The molecule has 0 atom stereocenters. The van der Waals surface area contributed by atoms with Gasteiger partial charge in [0.25, 0.3) is 0 Å². The van der Waals surface area contributed by atoms with E-state index in [9.17, 15) is 4.79 Å². The van der Waals surface area contributed by atoms with E-state index in [1.54, 1.807) is 12.1 Å². The quantitative estimate of drug-likeness (QED) is 0.773. The van der Waals surface area contributed by atoms with Gasteiger partial charge in [0, 0.05) is 18.7 Å². The number of rotatable bonds is 7. The average Bonchev–Trinajstić information content (AvgIpc) is 2.34. The third-order valence-corrected chi connectivity index (χ3v) is 3.15. The Balaban J connectivity index is 2.93. The van der Waals surface area contributed by atoms with E-state index in [4.69, 9.17) is 16.7 Å². The van der Waals surface area contributed by atoms with Crippen molar-refractivity contribution in [1.29, 1.82) is 0 Å². The maximum Gasteiger partial charge on any atom is 0.159 e. The van der Waals surface area contributed by atoms with Gasteiger partial charge in [-0.3, -0.25) is 4.79 Å². The molecule has 0 saturated carbocycles. The van der Waals surface area contributed by atoms with Gasteiger partial charge in [-0.2, -0.15) is 0 Å². The first-order valence-electron chi connectivity index (χ1n) is 6.26. The zero-order valence-corrected chi connectivity index (χ0v) is 11.7. The number of hydrogen-bond acceptors (Lipinski definition) is 3. The van der Waals surface area contributed by atoms with E-state index >= 15 is 0 Å². The lowest BCUT2D eigenvalue weighted by Crippen LogP contribution is -2.28. The van der Waals surface area contributed by atoms with E-state index in [0.717, 1.165) is 25.1 Å². The largest absolute Gasteiger partial charge is 0.395 e. The topological polar surface area (TPSA) is 40.5 Å². The Bertz CT molecular complexity index is 407. The molecule has 0 aliphatic heterocycles. The van der Waals surface area contributed by atoms with Crippen molar-refractivity contribution < 1.29 is 9.90 Å².